The van der Waals surface area contributed by atoms with Gasteiger partial charge in [-0.05, 0) is 73.9 Å². The Hall–Kier alpha value is -2.73. The maximum atomic E-state index is 12.1. The fraction of sp³-hybridized carbons (Fsp3) is 0.318. The maximum absolute atomic E-state index is 12.1. The zero-order valence-corrected chi connectivity index (χ0v) is 17.9. The molecule has 0 saturated carbocycles. The minimum Gasteiger partial charge on any atom is -0.436 e. The van der Waals surface area contributed by atoms with Crippen molar-refractivity contribution in [1.29, 1.82) is 0 Å². The Kier molecular flexibility index (Phi) is 5.26. The van der Waals surface area contributed by atoms with Crippen molar-refractivity contribution < 1.29 is 9.21 Å². The summed E-state index contributed by atoms with van der Waals surface area (Å²) in [5.41, 5.74) is 6.05. The number of fused-ring (bicyclic) bond motifs is 1. The Balaban J connectivity index is 1.89. The largest absolute Gasteiger partial charge is 0.436 e. The van der Waals surface area contributed by atoms with E-state index in [4.69, 9.17) is 16.6 Å². The number of hydrogen-bond donors (Lipinski definition) is 2. The Morgan fingerprint density at radius 1 is 1.11 bits per heavy atom. The average molecular weight is 396 g/mol. The zero-order chi connectivity index (χ0) is 20.6. The molecule has 0 aliphatic carbocycles. The summed E-state index contributed by atoms with van der Waals surface area (Å²) >= 11 is 5.30. The quantitative estimate of drug-likeness (QED) is 0.578. The summed E-state index contributed by atoms with van der Waals surface area (Å²) in [5, 5.41) is 6.10. The number of oxazole rings is 1. The van der Waals surface area contributed by atoms with Crippen molar-refractivity contribution in [2.24, 2.45) is 5.41 Å². The van der Waals surface area contributed by atoms with Gasteiger partial charge >= 0.3 is 0 Å². The van der Waals surface area contributed by atoms with Crippen LogP contribution in [0.1, 0.15) is 37.5 Å². The van der Waals surface area contributed by atoms with E-state index in [0.29, 0.717) is 5.89 Å². The van der Waals surface area contributed by atoms with Crippen LogP contribution in [0.15, 0.2) is 34.7 Å². The molecule has 0 bridgehead atoms. The lowest BCUT2D eigenvalue weighted by Gasteiger charge is -2.19. The molecule has 0 fully saturated rings. The van der Waals surface area contributed by atoms with Gasteiger partial charge in [0.1, 0.15) is 5.52 Å². The number of aryl methyl sites for hydroxylation is 2. The van der Waals surface area contributed by atoms with Gasteiger partial charge in [0.2, 0.25) is 11.8 Å². The molecule has 2 aromatic carbocycles. The molecule has 3 aromatic rings. The van der Waals surface area contributed by atoms with Crippen molar-refractivity contribution in [1.82, 2.24) is 10.3 Å². The van der Waals surface area contributed by atoms with Gasteiger partial charge in [-0.15, -0.1) is 0 Å². The number of anilines is 1. The third-order valence-corrected chi connectivity index (χ3v) is 4.93. The summed E-state index contributed by atoms with van der Waals surface area (Å²) in [4.78, 5) is 16.8. The third kappa shape index (κ3) is 4.07. The highest BCUT2D eigenvalue weighted by Gasteiger charge is 2.22. The molecule has 2 N–H and O–H groups in total. The van der Waals surface area contributed by atoms with Gasteiger partial charge in [-0.1, -0.05) is 26.8 Å². The van der Waals surface area contributed by atoms with Crippen LogP contribution in [0.5, 0.6) is 0 Å². The SMILES string of the molecule is Cc1cc2nc(-c3cccc(NC(=S)NC(=O)C(C)(C)C)c3C)oc2cc1C. The van der Waals surface area contributed by atoms with Crippen LogP contribution in [0, 0.1) is 26.2 Å². The lowest BCUT2D eigenvalue weighted by Crippen LogP contribution is -2.41. The van der Waals surface area contributed by atoms with Gasteiger partial charge in [0.15, 0.2) is 10.7 Å². The van der Waals surface area contributed by atoms with E-state index in [9.17, 15) is 4.79 Å². The molecule has 0 spiro atoms. The Bertz CT molecular complexity index is 1040. The number of amides is 1. The number of nitrogens with one attached hydrogen (secondary N) is 2. The minimum atomic E-state index is -0.517. The molecule has 0 radical (unpaired) electrons. The summed E-state index contributed by atoms with van der Waals surface area (Å²) in [6.45, 7) is 11.6. The van der Waals surface area contributed by atoms with Gasteiger partial charge in [0.25, 0.3) is 0 Å². The number of thiocarbonyl (C=S) groups is 1. The molecule has 0 atom stereocenters. The highest BCUT2D eigenvalue weighted by molar-refractivity contribution is 7.80. The minimum absolute atomic E-state index is 0.136. The Morgan fingerprint density at radius 2 is 1.79 bits per heavy atom. The molecule has 28 heavy (non-hydrogen) atoms. The third-order valence-electron chi connectivity index (χ3n) is 4.72. The number of carbonyl (C=O) groups excluding carboxylic acids is 1. The molecule has 1 amide bonds. The average Bonchev–Trinajstić information content (AvgIpc) is 2.98. The van der Waals surface area contributed by atoms with Crippen LogP contribution in [-0.2, 0) is 4.79 Å². The van der Waals surface area contributed by atoms with Gasteiger partial charge in [-0.3, -0.25) is 4.79 Å². The summed E-state index contributed by atoms with van der Waals surface area (Å²) in [6, 6.07) is 9.82. The van der Waals surface area contributed by atoms with Crippen LogP contribution in [0.2, 0.25) is 0 Å². The molecule has 1 aromatic heterocycles. The van der Waals surface area contributed by atoms with Crippen molar-refractivity contribution >= 4 is 40.0 Å². The number of carbonyl (C=O) groups is 1. The Morgan fingerprint density at radius 3 is 2.46 bits per heavy atom. The second-order valence-corrected chi connectivity index (χ2v) is 8.47. The summed E-state index contributed by atoms with van der Waals surface area (Å²) in [5.74, 6) is 0.425. The fourth-order valence-corrected chi connectivity index (χ4v) is 2.94. The first-order valence-electron chi connectivity index (χ1n) is 9.16. The molecule has 5 nitrogen and oxygen atoms in total. The van der Waals surface area contributed by atoms with E-state index in [2.05, 4.69) is 29.5 Å². The zero-order valence-electron chi connectivity index (χ0n) is 17.1. The van der Waals surface area contributed by atoms with Crippen molar-refractivity contribution in [3.8, 4) is 11.5 Å². The lowest BCUT2D eigenvalue weighted by molar-refractivity contribution is -0.126. The van der Waals surface area contributed by atoms with Gasteiger partial charge in [0.05, 0.1) is 0 Å². The highest BCUT2D eigenvalue weighted by atomic mass is 32.1. The second kappa shape index (κ2) is 7.36. The van der Waals surface area contributed by atoms with Crippen LogP contribution < -0.4 is 10.6 Å². The van der Waals surface area contributed by atoms with Gasteiger partial charge in [0, 0.05) is 16.7 Å². The van der Waals surface area contributed by atoms with Crippen molar-refractivity contribution in [2.75, 3.05) is 5.32 Å². The maximum Gasteiger partial charge on any atom is 0.231 e. The number of hydrogen-bond acceptors (Lipinski definition) is 4. The summed E-state index contributed by atoms with van der Waals surface area (Å²) in [6.07, 6.45) is 0. The highest BCUT2D eigenvalue weighted by Crippen LogP contribution is 2.31. The van der Waals surface area contributed by atoms with Crippen LogP contribution in [0.25, 0.3) is 22.6 Å². The van der Waals surface area contributed by atoms with Crippen LogP contribution >= 0.6 is 12.2 Å². The summed E-state index contributed by atoms with van der Waals surface area (Å²) < 4.78 is 6.00. The molecular weight excluding hydrogens is 370 g/mol. The normalized spacial score (nSPS) is 11.5. The molecule has 6 heteroatoms. The molecule has 146 valence electrons. The monoisotopic (exact) mass is 395 g/mol. The van der Waals surface area contributed by atoms with E-state index >= 15 is 0 Å². The van der Waals surface area contributed by atoms with Gasteiger partial charge in [-0.25, -0.2) is 4.98 Å². The predicted octanol–water partition coefficient (Wildman–Crippen LogP) is 5.28. The first kappa shape index (κ1) is 20.0. The van der Waals surface area contributed by atoms with E-state index in [1.54, 1.807) is 0 Å². The second-order valence-electron chi connectivity index (χ2n) is 8.06. The smallest absolute Gasteiger partial charge is 0.231 e. The number of benzene rings is 2. The first-order valence-corrected chi connectivity index (χ1v) is 9.57. The molecule has 0 unspecified atom stereocenters. The van der Waals surface area contributed by atoms with Crippen LogP contribution in [0.4, 0.5) is 5.69 Å². The van der Waals surface area contributed by atoms with Crippen molar-refractivity contribution in [3.63, 3.8) is 0 Å². The standard InChI is InChI=1S/C22H25N3O2S/c1-12-10-17-18(11-13(12)2)27-19(23-17)15-8-7-9-16(14(15)3)24-21(28)25-20(26)22(4,5)6/h7-11H,1-6H3,(H2,24,25,26,28). The molecular formula is C22H25N3O2S. The molecule has 0 aliphatic heterocycles. The number of nitrogens with zero attached hydrogens (tertiary/aromatic N) is 1. The number of rotatable bonds is 2. The van der Waals surface area contributed by atoms with Crippen LogP contribution in [0.3, 0.4) is 0 Å². The van der Waals surface area contributed by atoms with Crippen LogP contribution in [-0.4, -0.2) is 16.0 Å². The van der Waals surface area contributed by atoms with E-state index in [0.717, 1.165) is 27.9 Å². The fourth-order valence-electron chi connectivity index (χ4n) is 2.74. The molecule has 1 heterocycles. The summed E-state index contributed by atoms with van der Waals surface area (Å²) in [7, 11) is 0. The van der Waals surface area contributed by atoms with Gasteiger partial charge in [-0.2, -0.15) is 0 Å². The van der Waals surface area contributed by atoms with Gasteiger partial charge < -0.3 is 15.1 Å². The lowest BCUT2D eigenvalue weighted by atomic mass is 9.96. The van der Waals surface area contributed by atoms with E-state index in [-0.39, 0.29) is 11.0 Å². The van der Waals surface area contributed by atoms with Crippen molar-refractivity contribution in [3.05, 3.63) is 47.0 Å². The topological polar surface area (TPSA) is 67.2 Å². The van der Waals surface area contributed by atoms with Crippen molar-refractivity contribution in [2.45, 2.75) is 41.5 Å². The van der Waals surface area contributed by atoms with E-state index in [1.807, 2.05) is 58.0 Å². The number of aromatic nitrogens is 1. The molecule has 3 rings (SSSR count). The molecule has 0 saturated heterocycles. The van der Waals surface area contributed by atoms with E-state index in [1.165, 1.54) is 11.1 Å². The predicted molar refractivity (Wildman–Crippen MR) is 117 cm³/mol. The first-order chi connectivity index (χ1) is 13.1. The molecule has 0 aliphatic rings. The Labute approximate surface area is 170 Å². The van der Waals surface area contributed by atoms with E-state index < -0.39 is 5.41 Å².